The Bertz CT molecular complexity index is 1550. The molecular formula is C24H21ClF3N7O2. The van der Waals surface area contributed by atoms with E-state index in [1.807, 2.05) is 0 Å². The molecule has 1 aliphatic rings. The lowest BCUT2D eigenvalue weighted by Gasteiger charge is -2.32. The number of nitrogens with two attached hydrogens (primary N) is 1. The zero-order chi connectivity index (χ0) is 26.6. The number of carbonyl (C=O) groups is 2. The van der Waals surface area contributed by atoms with Gasteiger partial charge in [0.2, 0.25) is 5.91 Å². The van der Waals surface area contributed by atoms with Crippen LogP contribution in [0.3, 0.4) is 0 Å². The van der Waals surface area contributed by atoms with E-state index in [1.165, 1.54) is 24.2 Å². The average Bonchev–Trinajstić information content (AvgIpc) is 3.62. The smallest absolute Gasteiger partial charge is 0.383 e. The fourth-order valence-electron chi connectivity index (χ4n) is 4.15. The van der Waals surface area contributed by atoms with Gasteiger partial charge in [-0.3, -0.25) is 24.3 Å². The third-order valence-electron chi connectivity index (χ3n) is 6.33. The predicted molar refractivity (Wildman–Crippen MR) is 130 cm³/mol. The molecule has 3 aromatic heterocycles. The largest absolute Gasteiger partial charge is 0.417 e. The SMILES string of the molecule is CN(C(=O)C1CC1)N(Cc1ccc(C(F)(F)F)cn1)C(=O)c1cc2c(cc1Cl)nc(N)c1cnn(C)c12. The Balaban J connectivity index is 1.57. The van der Waals surface area contributed by atoms with E-state index >= 15 is 0 Å². The molecule has 1 aromatic carbocycles. The number of hydrogen-bond acceptors (Lipinski definition) is 6. The minimum Gasteiger partial charge on any atom is -0.383 e. The molecule has 2 N–H and O–H groups in total. The number of aryl methyl sites for hydroxylation is 1. The number of benzene rings is 1. The van der Waals surface area contributed by atoms with E-state index in [0.29, 0.717) is 40.8 Å². The highest BCUT2D eigenvalue weighted by Gasteiger charge is 2.37. The van der Waals surface area contributed by atoms with E-state index < -0.39 is 17.6 Å². The van der Waals surface area contributed by atoms with E-state index in [0.717, 1.165) is 11.1 Å². The first kappa shape index (κ1) is 24.8. The van der Waals surface area contributed by atoms with Crippen molar-refractivity contribution >= 4 is 51.0 Å². The van der Waals surface area contributed by atoms with Crippen molar-refractivity contribution in [3.05, 3.63) is 58.5 Å². The van der Waals surface area contributed by atoms with Gasteiger partial charge in [-0.05, 0) is 37.1 Å². The lowest BCUT2D eigenvalue weighted by molar-refractivity contribution is -0.144. The monoisotopic (exact) mass is 531 g/mol. The van der Waals surface area contributed by atoms with Crippen LogP contribution in [0.5, 0.6) is 0 Å². The number of anilines is 1. The number of halogens is 4. The van der Waals surface area contributed by atoms with Crippen LogP contribution in [0.1, 0.15) is 34.5 Å². The van der Waals surface area contributed by atoms with Crippen LogP contribution >= 0.6 is 11.6 Å². The van der Waals surface area contributed by atoms with Gasteiger partial charge in [0.05, 0.1) is 51.0 Å². The average molecular weight is 532 g/mol. The summed E-state index contributed by atoms with van der Waals surface area (Å²) >= 11 is 6.50. The fourth-order valence-corrected chi connectivity index (χ4v) is 4.39. The first-order valence-corrected chi connectivity index (χ1v) is 11.7. The summed E-state index contributed by atoms with van der Waals surface area (Å²) in [5.74, 6) is -0.859. The maximum absolute atomic E-state index is 13.8. The molecule has 4 aromatic rings. The van der Waals surface area contributed by atoms with E-state index in [4.69, 9.17) is 17.3 Å². The summed E-state index contributed by atoms with van der Waals surface area (Å²) in [4.78, 5) is 34.9. The van der Waals surface area contributed by atoms with Gasteiger partial charge in [-0.1, -0.05) is 11.6 Å². The van der Waals surface area contributed by atoms with E-state index in [-0.39, 0.29) is 40.5 Å². The highest BCUT2D eigenvalue weighted by atomic mass is 35.5. The highest BCUT2D eigenvalue weighted by molar-refractivity contribution is 6.35. The molecule has 5 rings (SSSR count). The van der Waals surface area contributed by atoms with Crippen LogP contribution in [-0.2, 0) is 24.6 Å². The fraction of sp³-hybridized carbons (Fsp3) is 0.292. The highest BCUT2D eigenvalue weighted by Crippen LogP contribution is 2.34. The van der Waals surface area contributed by atoms with E-state index in [1.54, 1.807) is 24.0 Å². The van der Waals surface area contributed by atoms with Gasteiger partial charge in [0.25, 0.3) is 5.91 Å². The zero-order valence-corrected chi connectivity index (χ0v) is 20.5. The van der Waals surface area contributed by atoms with Crippen molar-refractivity contribution < 1.29 is 22.8 Å². The summed E-state index contributed by atoms with van der Waals surface area (Å²) in [6.07, 6.45) is -0.887. The van der Waals surface area contributed by atoms with Gasteiger partial charge < -0.3 is 5.73 Å². The van der Waals surface area contributed by atoms with Crippen LogP contribution < -0.4 is 5.73 Å². The number of alkyl halides is 3. The molecule has 3 heterocycles. The molecule has 0 unspecified atom stereocenters. The molecule has 0 spiro atoms. The number of nitrogens with zero attached hydrogens (tertiary/aromatic N) is 6. The van der Waals surface area contributed by atoms with Crippen molar-refractivity contribution in [2.24, 2.45) is 13.0 Å². The standard InChI is InChI=1S/C24H21ClF3N7O2/c1-33-20-16-7-15(18(25)8-19(16)32-21(29)17(20)10-31-33)23(37)35(34(2)22(36)12-3-4-12)11-14-6-5-13(9-30-14)24(26,27)28/h5-10,12H,3-4,11H2,1-2H3,(H2,29,32). The van der Waals surface area contributed by atoms with Crippen molar-refractivity contribution in [2.45, 2.75) is 25.6 Å². The van der Waals surface area contributed by atoms with Crippen LogP contribution in [0.15, 0.2) is 36.7 Å². The molecule has 0 saturated heterocycles. The zero-order valence-electron chi connectivity index (χ0n) is 19.8. The topological polar surface area (TPSA) is 110 Å². The number of amides is 2. The van der Waals surface area contributed by atoms with Gasteiger partial charge in [0, 0.05) is 31.6 Å². The normalized spacial score (nSPS) is 13.8. The quantitative estimate of drug-likeness (QED) is 0.395. The molecule has 1 aliphatic carbocycles. The maximum atomic E-state index is 13.8. The third kappa shape index (κ3) is 4.52. The maximum Gasteiger partial charge on any atom is 0.417 e. The lowest BCUT2D eigenvalue weighted by Crippen LogP contribution is -2.47. The molecule has 0 atom stereocenters. The number of hydrogen-bond donors (Lipinski definition) is 1. The van der Waals surface area contributed by atoms with Crippen LogP contribution in [0.25, 0.3) is 21.8 Å². The van der Waals surface area contributed by atoms with Gasteiger partial charge in [0.15, 0.2) is 0 Å². The first-order chi connectivity index (χ1) is 17.5. The Hall–Kier alpha value is -3.93. The van der Waals surface area contributed by atoms with Crippen molar-refractivity contribution in [3.63, 3.8) is 0 Å². The minimum absolute atomic E-state index is 0.0727. The molecule has 1 saturated carbocycles. The van der Waals surface area contributed by atoms with Gasteiger partial charge in [-0.25, -0.2) is 9.99 Å². The number of hydrazine groups is 1. The number of aromatic nitrogens is 4. The molecule has 192 valence electrons. The van der Waals surface area contributed by atoms with Crippen LogP contribution in [0.2, 0.25) is 5.02 Å². The molecular weight excluding hydrogens is 511 g/mol. The van der Waals surface area contributed by atoms with Crippen LogP contribution in [0, 0.1) is 5.92 Å². The van der Waals surface area contributed by atoms with E-state index in [9.17, 15) is 22.8 Å². The molecule has 37 heavy (non-hydrogen) atoms. The van der Waals surface area contributed by atoms with Crippen molar-refractivity contribution in [3.8, 4) is 0 Å². The minimum atomic E-state index is -4.55. The Morgan fingerprint density at radius 2 is 1.92 bits per heavy atom. The summed E-state index contributed by atoms with van der Waals surface area (Å²) in [7, 11) is 3.17. The number of rotatable bonds is 4. The Kier molecular flexibility index (Phi) is 5.94. The lowest BCUT2D eigenvalue weighted by atomic mass is 10.1. The number of fused-ring (bicyclic) bond motifs is 3. The second kappa shape index (κ2) is 8.87. The summed E-state index contributed by atoms with van der Waals surface area (Å²) < 4.78 is 40.6. The molecule has 0 radical (unpaired) electrons. The number of carbonyl (C=O) groups excluding carboxylic acids is 2. The molecule has 9 nitrogen and oxygen atoms in total. The van der Waals surface area contributed by atoms with Gasteiger partial charge in [0.1, 0.15) is 5.82 Å². The summed E-state index contributed by atoms with van der Waals surface area (Å²) in [5.41, 5.74) is 6.48. The van der Waals surface area contributed by atoms with Crippen LogP contribution in [-0.4, -0.2) is 48.6 Å². The summed E-state index contributed by atoms with van der Waals surface area (Å²) in [6, 6.07) is 5.11. The molecule has 0 bridgehead atoms. The molecule has 1 fully saturated rings. The number of nitrogen functional groups attached to an aromatic ring is 1. The van der Waals surface area contributed by atoms with Crippen molar-refractivity contribution in [1.29, 1.82) is 0 Å². The molecule has 0 aliphatic heterocycles. The molecule has 13 heteroatoms. The molecule has 2 amide bonds. The van der Waals surface area contributed by atoms with Gasteiger partial charge in [-0.2, -0.15) is 18.3 Å². The second-order valence-electron chi connectivity index (χ2n) is 8.91. The van der Waals surface area contributed by atoms with Gasteiger partial charge in [-0.15, -0.1) is 0 Å². The third-order valence-corrected chi connectivity index (χ3v) is 6.65. The number of pyridine rings is 2. The van der Waals surface area contributed by atoms with E-state index in [2.05, 4.69) is 15.1 Å². The van der Waals surface area contributed by atoms with Crippen LogP contribution in [0.4, 0.5) is 19.0 Å². The Morgan fingerprint density at radius 1 is 1.19 bits per heavy atom. The Morgan fingerprint density at radius 3 is 2.54 bits per heavy atom. The predicted octanol–water partition coefficient (Wildman–Crippen LogP) is 4.20. The second-order valence-corrected chi connectivity index (χ2v) is 9.32. The van der Waals surface area contributed by atoms with Crippen molar-refractivity contribution in [2.75, 3.05) is 12.8 Å². The Labute approximate surface area is 213 Å². The van der Waals surface area contributed by atoms with Gasteiger partial charge >= 0.3 is 6.18 Å². The summed E-state index contributed by atoms with van der Waals surface area (Å²) in [5, 5.41) is 7.78. The van der Waals surface area contributed by atoms with Crippen molar-refractivity contribution in [1.82, 2.24) is 29.8 Å². The summed E-state index contributed by atoms with van der Waals surface area (Å²) in [6.45, 7) is -0.249. The first-order valence-electron chi connectivity index (χ1n) is 11.3.